The van der Waals surface area contributed by atoms with Crippen molar-refractivity contribution in [2.24, 2.45) is 0 Å². The van der Waals surface area contributed by atoms with E-state index in [4.69, 9.17) is 5.26 Å². The molecule has 22 heavy (non-hydrogen) atoms. The van der Waals surface area contributed by atoms with Crippen molar-refractivity contribution >= 4 is 10.9 Å². The fourth-order valence-corrected chi connectivity index (χ4v) is 2.21. The molecule has 3 rings (SSSR count). The zero-order valence-corrected chi connectivity index (χ0v) is 11.5. The maximum atomic E-state index is 12.3. The van der Waals surface area contributed by atoms with Gasteiger partial charge in [0.15, 0.2) is 0 Å². The number of aliphatic hydroxyl groups excluding tert-OH is 1. The average Bonchev–Trinajstić information content (AvgIpc) is 2.57. The van der Waals surface area contributed by atoms with Gasteiger partial charge in [-0.3, -0.25) is 14.3 Å². The van der Waals surface area contributed by atoms with Gasteiger partial charge in [0.2, 0.25) is 0 Å². The van der Waals surface area contributed by atoms with Crippen LogP contribution in [-0.4, -0.2) is 19.6 Å². The summed E-state index contributed by atoms with van der Waals surface area (Å²) >= 11 is 0. The third-order valence-electron chi connectivity index (χ3n) is 3.42. The van der Waals surface area contributed by atoms with E-state index in [1.807, 2.05) is 6.07 Å². The summed E-state index contributed by atoms with van der Waals surface area (Å²) in [4.78, 5) is 20.4. The van der Waals surface area contributed by atoms with Crippen LogP contribution >= 0.6 is 0 Å². The number of hydrogen-bond acceptors (Lipinski definition) is 5. The van der Waals surface area contributed by atoms with Crippen LogP contribution in [-0.2, 0) is 6.54 Å². The molecule has 1 atom stereocenters. The SMILES string of the molecule is N#Cc1ccc(C(O)Cn2cnc3cnccc3c2=O)cc1. The molecule has 0 radical (unpaired) electrons. The lowest BCUT2D eigenvalue weighted by molar-refractivity contribution is 0.155. The smallest absolute Gasteiger partial charge is 0.261 e. The molecule has 1 unspecified atom stereocenters. The molecule has 2 aromatic heterocycles. The monoisotopic (exact) mass is 292 g/mol. The van der Waals surface area contributed by atoms with Crippen molar-refractivity contribution in [1.82, 2.24) is 14.5 Å². The van der Waals surface area contributed by atoms with Crippen LogP contribution in [0.25, 0.3) is 10.9 Å². The molecule has 0 aliphatic carbocycles. The summed E-state index contributed by atoms with van der Waals surface area (Å²) in [5.41, 5.74) is 1.46. The minimum absolute atomic E-state index is 0.0933. The number of rotatable bonds is 3. The molecule has 0 spiro atoms. The molecule has 2 heterocycles. The first kappa shape index (κ1) is 13.9. The Balaban J connectivity index is 1.90. The molecule has 0 bridgehead atoms. The number of aromatic nitrogens is 3. The Hall–Kier alpha value is -3.04. The van der Waals surface area contributed by atoms with Crippen molar-refractivity contribution in [3.8, 4) is 6.07 Å². The van der Waals surface area contributed by atoms with Crippen molar-refractivity contribution in [3.05, 3.63) is 70.5 Å². The summed E-state index contributed by atoms with van der Waals surface area (Å²) in [5, 5.41) is 19.5. The lowest BCUT2D eigenvalue weighted by atomic mass is 10.1. The molecule has 108 valence electrons. The summed E-state index contributed by atoms with van der Waals surface area (Å²) in [6, 6.07) is 10.2. The number of fused-ring (bicyclic) bond motifs is 1. The predicted molar refractivity (Wildman–Crippen MR) is 79.9 cm³/mol. The largest absolute Gasteiger partial charge is 0.387 e. The molecule has 0 saturated carbocycles. The topological polar surface area (TPSA) is 91.8 Å². The van der Waals surface area contributed by atoms with Gasteiger partial charge in [0.05, 0.1) is 47.7 Å². The van der Waals surface area contributed by atoms with E-state index in [1.165, 1.54) is 23.3 Å². The third-order valence-corrected chi connectivity index (χ3v) is 3.42. The van der Waals surface area contributed by atoms with Crippen molar-refractivity contribution in [2.45, 2.75) is 12.6 Å². The Morgan fingerprint density at radius 1 is 1.27 bits per heavy atom. The molecule has 0 fully saturated rings. The second-order valence-corrected chi connectivity index (χ2v) is 4.84. The lowest BCUT2D eigenvalue weighted by Crippen LogP contribution is -2.23. The number of hydrogen-bond donors (Lipinski definition) is 1. The second-order valence-electron chi connectivity index (χ2n) is 4.84. The van der Waals surface area contributed by atoms with Gasteiger partial charge in [-0.25, -0.2) is 4.98 Å². The molecular formula is C16H12N4O2. The fraction of sp³-hybridized carbons (Fsp3) is 0.125. The molecule has 1 aromatic carbocycles. The molecule has 6 heteroatoms. The van der Waals surface area contributed by atoms with Crippen molar-refractivity contribution in [1.29, 1.82) is 5.26 Å². The summed E-state index contributed by atoms with van der Waals surface area (Å²) in [6.45, 7) is 0.0933. The van der Waals surface area contributed by atoms with Crippen LogP contribution in [0.1, 0.15) is 17.2 Å². The van der Waals surface area contributed by atoms with Crippen LogP contribution in [0.15, 0.2) is 53.8 Å². The zero-order valence-electron chi connectivity index (χ0n) is 11.5. The Bertz CT molecular complexity index is 910. The predicted octanol–water partition coefficient (Wildman–Crippen LogP) is 1.40. The average molecular weight is 292 g/mol. The number of nitriles is 1. The van der Waals surface area contributed by atoms with Gasteiger partial charge in [-0.05, 0) is 23.8 Å². The first-order valence-electron chi connectivity index (χ1n) is 6.66. The van der Waals surface area contributed by atoms with Crippen LogP contribution in [0.4, 0.5) is 0 Å². The number of aliphatic hydroxyl groups is 1. The highest BCUT2D eigenvalue weighted by Gasteiger charge is 2.11. The van der Waals surface area contributed by atoms with E-state index < -0.39 is 6.10 Å². The summed E-state index contributed by atoms with van der Waals surface area (Å²) in [6.07, 6.45) is 3.61. The zero-order chi connectivity index (χ0) is 15.5. The minimum atomic E-state index is -0.855. The van der Waals surface area contributed by atoms with E-state index in [0.717, 1.165) is 0 Å². The lowest BCUT2D eigenvalue weighted by Gasteiger charge is -2.13. The van der Waals surface area contributed by atoms with E-state index in [0.29, 0.717) is 22.0 Å². The van der Waals surface area contributed by atoms with Gasteiger partial charge < -0.3 is 5.11 Å². The van der Waals surface area contributed by atoms with Gasteiger partial charge >= 0.3 is 0 Å². The van der Waals surface area contributed by atoms with Crippen LogP contribution in [0.3, 0.4) is 0 Å². The minimum Gasteiger partial charge on any atom is -0.387 e. The Labute approximate surface area is 125 Å². The second kappa shape index (κ2) is 5.76. The molecule has 0 saturated heterocycles. The third kappa shape index (κ3) is 2.57. The van der Waals surface area contributed by atoms with Gasteiger partial charge in [0.1, 0.15) is 0 Å². The van der Waals surface area contributed by atoms with E-state index in [-0.39, 0.29) is 12.1 Å². The quantitative estimate of drug-likeness (QED) is 0.787. The molecule has 0 aliphatic rings. The maximum Gasteiger partial charge on any atom is 0.261 e. The van der Waals surface area contributed by atoms with Crippen molar-refractivity contribution < 1.29 is 5.11 Å². The first-order chi connectivity index (χ1) is 10.7. The van der Waals surface area contributed by atoms with Crippen LogP contribution < -0.4 is 5.56 Å². The van der Waals surface area contributed by atoms with Crippen LogP contribution in [0.2, 0.25) is 0 Å². The standard InChI is InChI=1S/C16H12N4O2/c17-7-11-1-3-12(4-2-11)15(21)9-20-10-19-14-8-18-6-5-13(14)16(20)22/h1-6,8,10,15,21H,9H2. The van der Waals surface area contributed by atoms with Gasteiger partial charge in [0, 0.05) is 6.20 Å². The van der Waals surface area contributed by atoms with E-state index in [9.17, 15) is 9.90 Å². The normalized spacial score (nSPS) is 12.0. The molecular weight excluding hydrogens is 280 g/mol. The van der Waals surface area contributed by atoms with E-state index in [2.05, 4.69) is 9.97 Å². The highest BCUT2D eigenvalue weighted by molar-refractivity contribution is 5.75. The molecule has 0 aliphatic heterocycles. The first-order valence-corrected chi connectivity index (χ1v) is 6.66. The summed E-state index contributed by atoms with van der Waals surface area (Å²) in [5.74, 6) is 0. The Morgan fingerprint density at radius 3 is 2.77 bits per heavy atom. The Kier molecular flexibility index (Phi) is 3.64. The number of benzene rings is 1. The summed E-state index contributed by atoms with van der Waals surface area (Å²) < 4.78 is 1.37. The van der Waals surface area contributed by atoms with Gasteiger partial charge in [-0.1, -0.05) is 12.1 Å². The van der Waals surface area contributed by atoms with Crippen molar-refractivity contribution in [3.63, 3.8) is 0 Å². The fourth-order valence-electron chi connectivity index (χ4n) is 2.21. The van der Waals surface area contributed by atoms with E-state index in [1.54, 1.807) is 30.3 Å². The van der Waals surface area contributed by atoms with Crippen LogP contribution in [0.5, 0.6) is 0 Å². The molecule has 1 N–H and O–H groups in total. The highest BCUT2D eigenvalue weighted by Crippen LogP contribution is 2.15. The van der Waals surface area contributed by atoms with Gasteiger partial charge in [-0.15, -0.1) is 0 Å². The van der Waals surface area contributed by atoms with Crippen LogP contribution in [0, 0.1) is 11.3 Å². The molecule has 6 nitrogen and oxygen atoms in total. The number of nitrogens with zero attached hydrogens (tertiary/aromatic N) is 4. The van der Waals surface area contributed by atoms with E-state index >= 15 is 0 Å². The van der Waals surface area contributed by atoms with Gasteiger partial charge in [-0.2, -0.15) is 5.26 Å². The molecule has 0 amide bonds. The maximum absolute atomic E-state index is 12.3. The highest BCUT2D eigenvalue weighted by atomic mass is 16.3. The summed E-state index contributed by atoms with van der Waals surface area (Å²) in [7, 11) is 0. The number of pyridine rings is 1. The molecule has 3 aromatic rings. The van der Waals surface area contributed by atoms with Crippen molar-refractivity contribution in [2.75, 3.05) is 0 Å². The van der Waals surface area contributed by atoms with Gasteiger partial charge in [0.25, 0.3) is 5.56 Å². The Morgan fingerprint density at radius 2 is 2.05 bits per heavy atom.